The van der Waals surface area contributed by atoms with E-state index < -0.39 is 11.7 Å². The summed E-state index contributed by atoms with van der Waals surface area (Å²) in [5, 5.41) is 1.67. The molecule has 0 aliphatic carbocycles. The number of halogens is 5. The van der Waals surface area contributed by atoms with Crippen LogP contribution < -0.4 is 0 Å². The van der Waals surface area contributed by atoms with Gasteiger partial charge in [0.15, 0.2) is 0 Å². The van der Waals surface area contributed by atoms with Crippen molar-refractivity contribution >= 4 is 38.9 Å². The molecule has 0 saturated carbocycles. The molecule has 2 rings (SSSR count). The number of thiophene rings is 1. The van der Waals surface area contributed by atoms with Crippen LogP contribution in [0, 0.1) is 0 Å². The van der Waals surface area contributed by atoms with Crippen molar-refractivity contribution in [3.05, 3.63) is 56.2 Å². The minimum absolute atomic E-state index is 0.244. The third-order valence-electron chi connectivity index (χ3n) is 2.63. The summed E-state index contributed by atoms with van der Waals surface area (Å²) >= 11 is 11.2. The molecule has 0 N–H and O–H groups in total. The minimum atomic E-state index is -4.30. The molecule has 1 aromatic heterocycles. The molecule has 0 fully saturated rings. The monoisotopic (exact) mass is 368 g/mol. The molecule has 1 heterocycles. The summed E-state index contributed by atoms with van der Waals surface area (Å²) in [5.41, 5.74) is 0.146. The van der Waals surface area contributed by atoms with Crippen LogP contribution >= 0.6 is 38.9 Å². The van der Waals surface area contributed by atoms with Gasteiger partial charge in [-0.15, -0.1) is 22.9 Å². The highest BCUT2D eigenvalue weighted by Crippen LogP contribution is 2.35. The molecule has 0 nitrogen and oxygen atoms in total. The Balaban J connectivity index is 2.10. The fraction of sp³-hybridized carbons (Fsp3) is 0.231. The lowest BCUT2D eigenvalue weighted by Crippen LogP contribution is -2.04. The Hall–Kier alpha value is -0.520. The summed E-state index contributed by atoms with van der Waals surface area (Å²) in [7, 11) is 0. The lowest BCUT2D eigenvalue weighted by atomic mass is 10.1. The summed E-state index contributed by atoms with van der Waals surface area (Å²) in [6.07, 6.45) is -3.80. The van der Waals surface area contributed by atoms with Gasteiger partial charge in [0.1, 0.15) is 0 Å². The third-order valence-corrected chi connectivity index (χ3v) is 5.11. The first kappa shape index (κ1) is 14.9. The first-order chi connectivity index (χ1) is 8.88. The summed E-state index contributed by atoms with van der Waals surface area (Å²) in [6, 6.07) is 7.02. The van der Waals surface area contributed by atoms with Crippen molar-refractivity contribution in [2.24, 2.45) is 0 Å². The van der Waals surface area contributed by atoms with Gasteiger partial charge in [0.25, 0.3) is 0 Å². The summed E-state index contributed by atoms with van der Waals surface area (Å²) < 4.78 is 38.2. The van der Waals surface area contributed by atoms with E-state index in [1.807, 2.05) is 11.4 Å². The van der Waals surface area contributed by atoms with E-state index in [9.17, 15) is 13.2 Å². The van der Waals surface area contributed by atoms with Crippen molar-refractivity contribution in [3.63, 3.8) is 0 Å². The van der Waals surface area contributed by atoms with Crippen LogP contribution in [0.1, 0.15) is 21.4 Å². The molecule has 0 spiro atoms. The van der Waals surface area contributed by atoms with Crippen LogP contribution in [0.15, 0.2) is 40.2 Å². The maximum atomic E-state index is 12.4. The largest absolute Gasteiger partial charge is 0.416 e. The van der Waals surface area contributed by atoms with Crippen LogP contribution in [0.25, 0.3) is 0 Å². The SMILES string of the molecule is FC(F)(F)c1ccc(CC(Cl)c2sccc2Br)cc1. The average molecular weight is 370 g/mol. The Morgan fingerprint density at radius 3 is 2.26 bits per heavy atom. The van der Waals surface area contributed by atoms with Gasteiger partial charge in [0.05, 0.1) is 10.9 Å². The summed E-state index contributed by atoms with van der Waals surface area (Å²) in [4.78, 5) is 0.988. The Morgan fingerprint density at radius 2 is 1.79 bits per heavy atom. The molecule has 0 aliphatic heterocycles. The van der Waals surface area contributed by atoms with Gasteiger partial charge in [-0.05, 0) is 51.5 Å². The van der Waals surface area contributed by atoms with Gasteiger partial charge in [0.2, 0.25) is 0 Å². The molecule has 0 saturated heterocycles. The van der Waals surface area contributed by atoms with Gasteiger partial charge in [-0.2, -0.15) is 13.2 Å². The van der Waals surface area contributed by atoms with Crippen molar-refractivity contribution < 1.29 is 13.2 Å². The molecule has 1 unspecified atom stereocenters. The van der Waals surface area contributed by atoms with Gasteiger partial charge < -0.3 is 0 Å². The molecule has 6 heteroatoms. The fourth-order valence-corrected chi connectivity index (χ4v) is 3.87. The normalized spacial score (nSPS) is 13.5. The molecule has 102 valence electrons. The number of alkyl halides is 4. The third kappa shape index (κ3) is 3.74. The molecular formula is C13H9BrClF3S. The second kappa shape index (κ2) is 5.85. The highest BCUT2D eigenvalue weighted by molar-refractivity contribution is 9.10. The predicted molar refractivity (Wildman–Crippen MR) is 75.8 cm³/mol. The van der Waals surface area contributed by atoms with E-state index in [1.54, 1.807) is 0 Å². The van der Waals surface area contributed by atoms with Crippen molar-refractivity contribution in [1.29, 1.82) is 0 Å². The van der Waals surface area contributed by atoms with Gasteiger partial charge in [-0.3, -0.25) is 0 Å². The van der Waals surface area contributed by atoms with Crippen molar-refractivity contribution in [2.45, 2.75) is 18.0 Å². The Morgan fingerprint density at radius 1 is 1.16 bits per heavy atom. The summed E-state index contributed by atoms with van der Waals surface area (Å²) in [6.45, 7) is 0. The van der Waals surface area contributed by atoms with Gasteiger partial charge in [-0.25, -0.2) is 0 Å². The van der Waals surface area contributed by atoms with Crippen LogP contribution in [0.3, 0.4) is 0 Å². The first-order valence-corrected chi connectivity index (χ1v) is 7.52. The van der Waals surface area contributed by atoms with Gasteiger partial charge in [-0.1, -0.05) is 12.1 Å². The molecule has 0 amide bonds. The first-order valence-electron chi connectivity index (χ1n) is 5.41. The fourth-order valence-electron chi connectivity index (χ4n) is 1.66. The second-order valence-electron chi connectivity index (χ2n) is 4.00. The van der Waals surface area contributed by atoms with E-state index in [0.717, 1.165) is 27.0 Å². The van der Waals surface area contributed by atoms with Gasteiger partial charge >= 0.3 is 6.18 Å². The van der Waals surface area contributed by atoms with Crippen LogP contribution in [-0.2, 0) is 12.6 Å². The number of benzene rings is 1. The maximum absolute atomic E-state index is 12.4. The lowest BCUT2D eigenvalue weighted by Gasteiger charge is -2.10. The Labute approximate surface area is 126 Å². The van der Waals surface area contributed by atoms with E-state index in [1.165, 1.54) is 23.5 Å². The van der Waals surface area contributed by atoms with E-state index in [-0.39, 0.29) is 5.38 Å². The van der Waals surface area contributed by atoms with Gasteiger partial charge in [0, 0.05) is 9.35 Å². The van der Waals surface area contributed by atoms with E-state index in [2.05, 4.69) is 15.9 Å². The van der Waals surface area contributed by atoms with E-state index in [4.69, 9.17) is 11.6 Å². The quantitative estimate of drug-likeness (QED) is 0.578. The molecule has 19 heavy (non-hydrogen) atoms. The maximum Gasteiger partial charge on any atom is 0.416 e. The zero-order valence-corrected chi connectivity index (χ0v) is 12.7. The topological polar surface area (TPSA) is 0 Å². The van der Waals surface area contributed by atoms with Crippen molar-refractivity contribution in [2.75, 3.05) is 0 Å². The molecule has 0 bridgehead atoms. The highest BCUT2D eigenvalue weighted by Gasteiger charge is 2.30. The zero-order chi connectivity index (χ0) is 14.0. The minimum Gasteiger partial charge on any atom is -0.166 e. The predicted octanol–water partition coefficient (Wildman–Crippen LogP) is 6.05. The average Bonchev–Trinajstić information content (AvgIpc) is 2.75. The zero-order valence-electron chi connectivity index (χ0n) is 9.55. The van der Waals surface area contributed by atoms with Crippen LogP contribution in [-0.4, -0.2) is 0 Å². The van der Waals surface area contributed by atoms with Crippen LogP contribution in [0.2, 0.25) is 0 Å². The van der Waals surface area contributed by atoms with Crippen LogP contribution in [0.4, 0.5) is 13.2 Å². The summed E-state index contributed by atoms with van der Waals surface area (Å²) in [5.74, 6) is 0. The lowest BCUT2D eigenvalue weighted by molar-refractivity contribution is -0.137. The van der Waals surface area contributed by atoms with E-state index in [0.29, 0.717) is 6.42 Å². The molecule has 0 aliphatic rings. The smallest absolute Gasteiger partial charge is 0.166 e. The van der Waals surface area contributed by atoms with Crippen molar-refractivity contribution in [3.8, 4) is 0 Å². The number of hydrogen-bond acceptors (Lipinski definition) is 1. The van der Waals surface area contributed by atoms with Crippen LogP contribution in [0.5, 0.6) is 0 Å². The van der Waals surface area contributed by atoms with E-state index >= 15 is 0 Å². The molecule has 2 aromatic rings. The second-order valence-corrected chi connectivity index (χ2v) is 6.33. The van der Waals surface area contributed by atoms with Crippen molar-refractivity contribution in [1.82, 2.24) is 0 Å². The molecule has 1 aromatic carbocycles. The molecule has 1 atom stereocenters. The Kier molecular flexibility index (Phi) is 4.58. The number of rotatable bonds is 3. The molecular weight excluding hydrogens is 361 g/mol. The molecule has 0 radical (unpaired) electrons. The number of hydrogen-bond donors (Lipinski definition) is 0. The Bertz CT molecular complexity index is 548. The standard InChI is InChI=1S/C13H9BrClF3S/c14-10-5-6-19-12(10)11(15)7-8-1-3-9(4-2-8)13(16,17)18/h1-6,11H,7H2. The highest BCUT2D eigenvalue weighted by atomic mass is 79.9.